The molecule has 1 N–H and O–H groups in total. The van der Waals surface area contributed by atoms with Crippen molar-refractivity contribution >= 4 is 39.5 Å². The Morgan fingerprint density at radius 1 is 1.11 bits per heavy atom. The maximum Gasteiger partial charge on any atom is 0.242 e. The summed E-state index contributed by atoms with van der Waals surface area (Å²) in [6.45, 7) is 6.18. The monoisotopic (exact) mass is 462 g/mol. The first kappa shape index (κ1) is 22.5. The average molecular weight is 463 g/mol. The molecule has 0 fully saturated rings. The van der Waals surface area contributed by atoms with Gasteiger partial charge in [-0.15, -0.1) is 11.8 Å². The third-order valence-corrected chi connectivity index (χ3v) is 6.01. The SMILES string of the molecule is CC[C@H](C)NC(=O)[C@H](C)N(Cc1cccc(Br)c1)C(=O)CSc1ccccc1. The van der Waals surface area contributed by atoms with Gasteiger partial charge in [-0.3, -0.25) is 9.59 Å². The first-order valence-electron chi connectivity index (χ1n) is 9.42. The van der Waals surface area contributed by atoms with E-state index in [-0.39, 0.29) is 17.9 Å². The van der Waals surface area contributed by atoms with Crippen molar-refractivity contribution in [2.24, 2.45) is 0 Å². The molecule has 0 unspecified atom stereocenters. The first-order valence-corrected chi connectivity index (χ1v) is 11.2. The van der Waals surface area contributed by atoms with Gasteiger partial charge in [0.25, 0.3) is 0 Å². The smallest absolute Gasteiger partial charge is 0.242 e. The summed E-state index contributed by atoms with van der Waals surface area (Å²) in [5, 5.41) is 2.99. The topological polar surface area (TPSA) is 49.4 Å². The number of rotatable bonds is 9. The van der Waals surface area contributed by atoms with Gasteiger partial charge in [-0.05, 0) is 50.1 Å². The molecule has 0 heterocycles. The number of nitrogens with one attached hydrogen (secondary N) is 1. The van der Waals surface area contributed by atoms with Gasteiger partial charge in [0.15, 0.2) is 0 Å². The summed E-state index contributed by atoms with van der Waals surface area (Å²) < 4.78 is 0.952. The Kier molecular flexibility index (Phi) is 9.06. The number of halogens is 1. The molecule has 150 valence electrons. The minimum atomic E-state index is -0.545. The molecule has 0 saturated heterocycles. The minimum Gasteiger partial charge on any atom is -0.352 e. The first-order chi connectivity index (χ1) is 13.4. The summed E-state index contributed by atoms with van der Waals surface area (Å²) in [5.41, 5.74) is 0.982. The average Bonchev–Trinajstić information content (AvgIpc) is 2.70. The number of carbonyl (C=O) groups excluding carboxylic acids is 2. The fourth-order valence-electron chi connectivity index (χ4n) is 2.62. The van der Waals surface area contributed by atoms with Crippen LogP contribution in [0.1, 0.15) is 32.8 Å². The molecule has 0 saturated carbocycles. The summed E-state index contributed by atoms with van der Waals surface area (Å²) >= 11 is 4.96. The molecule has 0 aromatic heterocycles. The summed E-state index contributed by atoms with van der Waals surface area (Å²) in [6.07, 6.45) is 0.849. The maximum absolute atomic E-state index is 13.0. The van der Waals surface area contributed by atoms with Crippen LogP contribution in [0.3, 0.4) is 0 Å². The lowest BCUT2D eigenvalue weighted by Gasteiger charge is -2.29. The van der Waals surface area contributed by atoms with E-state index in [0.29, 0.717) is 12.3 Å². The highest BCUT2D eigenvalue weighted by molar-refractivity contribution is 9.10. The zero-order chi connectivity index (χ0) is 20.5. The number of hydrogen-bond donors (Lipinski definition) is 1. The van der Waals surface area contributed by atoms with Crippen molar-refractivity contribution in [2.45, 2.75) is 50.7 Å². The predicted molar refractivity (Wildman–Crippen MR) is 119 cm³/mol. The Morgan fingerprint density at radius 2 is 1.82 bits per heavy atom. The van der Waals surface area contributed by atoms with Gasteiger partial charge in [0.2, 0.25) is 11.8 Å². The lowest BCUT2D eigenvalue weighted by molar-refractivity contribution is -0.138. The summed E-state index contributed by atoms with van der Waals surface area (Å²) in [5.74, 6) is 0.113. The normalized spacial score (nSPS) is 12.9. The van der Waals surface area contributed by atoms with E-state index in [0.717, 1.165) is 21.4 Å². The van der Waals surface area contributed by atoms with Gasteiger partial charge < -0.3 is 10.2 Å². The second kappa shape index (κ2) is 11.3. The van der Waals surface area contributed by atoms with Crippen LogP contribution < -0.4 is 5.32 Å². The van der Waals surface area contributed by atoms with Crippen LogP contribution in [0, 0.1) is 0 Å². The number of thioether (sulfide) groups is 1. The van der Waals surface area contributed by atoms with Crippen LogP contribution in [0.5, 0.6) is 0 Å². The number of carbonyl (C=O) groups is 2. The molecule has 2 amide bonds. The van der Waals surface area contributed by atoms with Crippen molar-refractivity contribution in [2.75, 3.05) is 5.75 Å². The van der Waals surface area contributed by atoms with Crippen molar-refractivity contribution in [3.05, 3.63) is 64.6 Å². The summed E-state index contributed by atoms with van der Waals surface area (Å²) in [6, 6.07) is 17.2. The summed E-state index contributed by atoms with van der Waals surface area (Å²) in [4.78, 5) is 28.4. The molecule has 0 bridgehead atoms. The largest absolute Gasteiger partial charge is 0.352 e. The quantitative estimate of drug-likeness (QED) is 0.540. The Hall–Kier alpha value is -1.79. The molecule has 0 aliphatic carbocycles. The van der Waals surface area contributed by atoms with Crippen molar-refractivity contribution in [3.63, 3.8) is 0 Å². The van der Waals surface area contributed by atoms with Crippen LogP contribution in [0.15, 0.2) is 64.0 Å². The van der Waals surface area contributed by atoms with Gasteiger partial charge in [0, 0.05) is 22.0 Å². The minimum absolute atomic E-state index is 0.0550. The van der Waals surface area contributed by atoms with Crippen LogP contribution in [0.2, 0.25) is 0 Å². The lowest BCUT2D eigenvalue weighted by atomic mass is 10.1. The molecule has 0 aliphatic heterocycles. The molecular weight excluding hydrogens is 436 g/mol. The van der Waals surface area contributed by atoms with Gasteiger partial charge in [-0.25, -0.2) is 0 Å². The molecule has 2 aromatic carbocycles. The predicted octanol–water partition coefficient (Wildman–Crippen LogP) is 4.87. The number of nitrogens with zero attached hydrogens (tertiary/aromatic N) is 1. The van der Waals surface area contributed by atoms with Gasteiger partial charge in [-0.1, -0.05) is 53.2 Å². The molecule has 6 heteroatoms. The van der Waals surface area contributed by atoms with Crippen LogP contribution in [-0.4, -0.2) is 34.6 Å². The highest BCUT2D eigenvalue weighted by atomic mass is 79.9. The van der Waals surface area contributed by atoms with Crippen LogP contribution >= 0.6 is 27.7 Å². The van der Waals surface area contributed by atoms with Gasteiger partial charge in [-0.2, -0.15) is 0 Å². The van der Waals surface area contributed by atoms with Crippen molar-refractivity contribution in [1.82, 2.24) is 10.2 Å². The van der Waals surface area contributed by atoms with E-state index in [4.69, 9.17) is 0 Å². The van der Waals surface area contributed by atoms with E-state index in [2.05, 4.69) is 21.2 Å². The van der Waals surface area contributed by atoms with Gasteiger partial charge in [0.05, 0.1) is 5.75 Å². The van der Waals surface area contributed by atoms with E-state index in [1.807, 2.05) is 68.4 Å². The molecule has 0 radical (unpaired) electrons. The van der Waals surface area contributed by atoms with Gasteiger partial charge in [0.1, 0.15) is 6.04 Å². The van der Waals surface area contributed by atoms with Gasteiger partial charge >= 0.3 is 0 Å². The molecule has 2 rings (SSSR count). The highest BCUT2D eigenvalue weighted by Gasteiger charge is 2.26. The molecule has 28 heavy (non-hydrogen) atoms. The van der Waals surface area contributed by atoms with E-state index in [1.165, 1.54) is 11.8 Å². The number of hydrogen-bond acceptors (Lipinski definition) is 3. The molecule has 4 nitrogen and oxygen atoms in total. The number of amides is 2. The Balaban J connectivity index is 2.14. The molecule has 2 aromatic rings. The fourth-order valence-corrected chi connectivity index (χ4v) is 3.88. The van der Waals surface area contributed by atoms with E-state index in [1.54, 1.807) is 11.8 Å². The third-order valence-electron chi connectivity index (χ3n) is 4.52. The summed E-state index contributed by atoms with van der Waals surface area (Å²) in [7, 11) is 0. The van der Waals surface area contributed by atoms with Crippen LogP contribution in [-0.2, 0) is 16.1 Å². The zero-order valence-corrected chi connectivity index (χ0v) is 18.9. The number of benzene rings is 2. The van der Waals surface area contributed by atoms with Crippen LogP contribution in [0.25, 0.3) is 0 Å². The van der Waals surface area contributed by atoms with Crippen LogP contribution in [0.4, 0.5) is 0 Å². The molecule has 0 spiro atoms. The molecule has 0 aliphatic rings. The second-order valence-corrected chi connectivity index (χ2v) is 8.71. The van der Waals surface area contributed by atoms with E-state index in [9.17, 15) is 9.59 Å². The van der Waals surface area contributed by atoms with Crippen molar-refractivity contribution < 1.29 is 9.59 Å². The van der Waals surface area contributed by atoms with Crippen molar-refractivity contribution in [1.29, 1.82) is 0 Å². The van der Waals surface area contributed by atoms with Crippen molar-refractivity contribution in [3.8, 4) is 0 Å². The van der Waals surface area contributed by atoms with E-state index < -0.39 is 6.04 Å². The second-order valence-electron chi connectivity index (χ2n) is 6.75. The molecular formula is C22H27BrN2O2S. The third kappa shape index (κ3) is 6.99. The van der Waals surface area contributed by atoms with E-state index >= 15 is 0 Å². The lowest BCUT2D eigenvalue weighted by Crippen LogP contribution is -2.50. The Bertz CT molecular complexity index is 785. The standard InChI is InChI=1S/C22H27BrN2O2S/c1-4-16(2)24-22(27)17(3)25(14-18-9-8-10-19(23)13-18)21(26)15-28-20-11-6-5-7-12-20/h5-13,16-17H,4,14-15H2,1-3H3,(H,24,27)/t16-,17-/m0/s1. The highest BCUT2D eigenvalue weighted by Crippen LogP contribution is 2.20. The molecule has 2 atom stereocenters. The maximum atomic E-state index is 13.0. The zero-order valence-electron chi connectivity index (χ0n) is 16.5. The Labute approximate surface area is 180 Å². The fraction of sp³-hybridized carbons (Fsp3) is 0.364. The Morgan fingerprint density at radius 3 is 2.46 bits per heavy atom.